The molecule has 1 aliphatic heterocycles. The monoisotopic (exact) mass is 662 g/mol. The highest BCUT2D eigenvalue weighted by atomic mass is 16.5. The molecule has 250 valence electrons. The molecule has 0 spiro atoms. The second-order valence-electron chi connectivity index (χ2n) is 12.7. The lowest BCUT2D eigenvalue weighted by Gasteiger charge is -2.38. The van der Waals surface area contributed by atoms with Crippen LogP contribution >= 0.6 is 0 Å². The van der Waals surface area contributed by atoms with E-state index in [0.717, 1.165) is 72.3 Å². The largest absolute Gasteiger partial charge is 0.497 e. The molecule has 0 fully saturated rings. The molecule has 1 heterocycles. The lowest BCUT2D eigenvalue weighted by atomic mass is 9.79. The lowest BCUT2D eigenvalue weighted by molar-refractivity contribution is 0.0802. The van der Waals surface area contributed by atoms with E-state index in [0.29, 0.717) is 23.7 Å². The number of methoxy groups -OCH3 is 4. The van der Waals surface area contributed by atoms with Crippen LogP contribution in [0.5, 0.6) is 28.7 Å². The second kappa shape index (κ2) is 12.0. The summed E-state index contributed by atoms with van der Waals surface area (Å²) in [6, 6.07) is 36.6. The van der Waals surface area contributed by atoms with Gasteiger partial charge in [0.05, 0.1) is 28.4 Å². The summed E-state index contributed by atoms with van der Waals surface area (Å²) in [6.07, 6.45) is 4.68. The van der Waals surface area contributed by atoms with E-state index in [4.69, 9.17) is 23.7 Å². The van der Waals surface area contributed by atoms with E-state index in [1.54, 1.807) is 28.4 Å². The molecule has 0 bridgehead atoms. The molecule has 0 saturated heterocycles. The van der Waals surface area contributed by atoms with Crippen LogP contribution in [0, 0.1) is 0 Å². The summed E-state index contributed by atoms with van der Waals surface area (Å²) >= 11 is 0. The molecular formula is C44H38O6. The molecule has 1 unspecified atom stereocenters. The molecular weight excluding hydrogens is 624 g/mol. The van der Waals surface area contributed by atoms with Crippen LogP contribution in [0.4, 0.5) is 0 Å². The first-order valence-corrected chi connectivity index (χ1v) is 16.7. The zero-order valence-electron chi connectivity index (χ0n) is 28.7. The Morgan fingerprint density at radius 1 is 0.640 bits per heavy atom. The average Bonchev–Trinajstić information content (AvgIpc) is 3.45. The summed E-state index contributed by atoms with van der Waals surface area (Å²) in [5, 5.41) is 14.7. The van der Waals surface area contributed by atoms with Gasteiger partial charge in [-0.3, -0.25) is 0 Å². The Kier molecular flexibility index (Phi) is 7.57. The fourth-order valence-electron chi connectivity index (χ4n) is 7.75. The van der Waals surface area contributed by atoms with E-state index in [1.807, 2.05) is 85.8 Å². The third kappa shape index (κ3) is 4.59. The Morgan fingerprint density at radius 2 is 1.24 bits per heavy atom. The molecule has 6 aromatic carbocycles. The minimum atomic E-state index is -1.28. The highest BCUT2D eigenvalue weighted by Crippen LogP contribution is 2.59. The van der Waals surface area contributed by atoms with Gasteiger partial charge >= 0.3 is 0 Å². The van der Waals surface area contributed by atoms with Crippen LogP contribution in [0.15, 0.2) is 115 Å². The summed E-state index contributed by atoms with van der Waals surface area (Å²) in [7, 11) is 6.60. The third-order valence-electron chi connectivity index (χ3n) is 10.4. The number of ether oxygens (including phenoxy) is 5. The van der Waals surface area contributed by atoms with E-state index in [-0.39, 0.29) is 0 Å². The molecule has 2 aliphatic rings. The summed E-state index contributed by atoms with van der Waals surface area (Å²) in [4.78, 5) is 0. The lowest BCUT2D eigenvalue weighted by Crippen LogP contribution is -2.35. The maximum atomic E-state index is 12.9. The Bertz CT molecular complexity index is 2220. The van der Waals surface area contributed by atoms with Crippen LogP contribution in [0.25, 0.3) is 39.1 Å². The maximum absolute atomic E-state index is 12.9. The molecule has 8 rings (SSSR count). The highest BCUT2D eigenvalue weighted by Gasteiger charge is 2.47. The van der Waals surface area contributed by atoms with Crippen molar-refractivity contribution in [3.8, 4) is 51.0 Å². The molecule has 50 heavy (non-hydrogen) atoms. The van der Waals surface area contributed by atoms with Crippen molar-refractivity contribution in [1.82, 2.24) is 0 Å². The van der Waals surface area contributed by atoms with Crippen molar-refractivity contribution in [2.45, 2.75) is 24.5 Å². The number of fused-ring (bicyclic) bond motifs is 8. The molecule has 0 amide bonds. The molecule has 1 aliphatic carbocycles. The topological polar surface area (TPSA) is 66.4 Å². The van der Waals surface area contributed by atoms with Gasteiger partial charge < -0.3 is 28.8 Å². The first-order chi connectivity index (χ1) is 24.4. The van der Waals surface area contributed by atoms with Crippen LogP contribution in [0.3, 0.4) is 0 Å². The second-order valence-corrected chi connectivity index (χ2v) is 12.7. The van der Waals surface area contributed by atoms with Crippen LogP contribution in [-0.4, -0.2) is 33.5 Å². The molecule has 0 radical (unpaired) electrons. The van der Waals surface area contributed by atoms with Gasteiger partial charge in [0.1, 0.15) is 22.8 Å². The van der Waals surface area contributed by atoms with Crippen LogP contribution in [0.1, 0.15) is 41.2 Å². The van der Waals surface area contributed by atoms with E-state index >= 15 is 0 Å². The van der Waals surface area contributed by atoms with Gasteiger partial charge in [-0.2, -0.15) is 0 Å². The highest BCUT2D eigenvalue weighted by molar-refractivity contribution is 6.09. The molecule has 6 nitrogen and oxygen atoms in total. The third-order valence-corrected chi connectivity index (χ3v) is 10.4. The van der Waals surface area contributed by atoms with Crippen LogP contribution < -0.4 is 23.7 Å². The molecule has 6 heteroatoms. The summed E-state index contributed by atoms with van der Waals surface area (Å²) < 4.78 is 30.1. The van der Waals surface area contributed by atoms with E-state index in [9.17, 15) is 5.11 Å². The Morgan fingerprint density at radius 3 is 1.80 bits per heavy atom. The minimum absolute atomic E-state index is 0.465. The van der Waals surface area contributed by atoms with Crippen molar-refractivity contribution in [2.75, 3.05) is 28.4 Å². The zero-order valence-corrected chi connectivity index (χ0v) is 28.7. The van der Waals surface area contributed by atoms with E-state index in [2.05, 4.69) is 42.5 Å². The normalized spacial score (nSPS) is 16.6. The van der Waals surface area contributed by atoms with Crippen molar-refractivity contribution in [3.63, 3.8) is 0 Å². The van der Waals surface area contributed by atoms with Crippen molar-refractivity contribution in [2.24, 2.45) is 0 Å². The smallest absolute Gasteiger partial charge is 0.178 e. The van der Waals surface area contributed by atoms with Gasteiger partial charge in [0.15, 0.2) is 17.1 Å². The summed E-state index contributed by atoms with van der Waals surface area (Å²) in [5.74, 6) is 3.33. The molecule has 1 atom stereocenters. The van der Waals surface area contributed by atoms with Crippen molar-refractivity contribution >= 4 is 16.8 Å². The fourth-order valence-corrected chi connectivity index (χ4v) is 7.75. The predicted molar refractivity (Wildman–Crippen MR) is 198 cm³/mol. The zero-order chi connectivity index (χ0) is 34.6. The van der Waals surface area contributed by atoms with Gasteiger partial charge in [0.2, 0.25) is 0 Å². The van der Waals surface area contributed by atoms with Crippen LogP contribution in [0.2, 0.25) is 0 Å². The van der Waals surface area contributed by atoms with Crippen molar-refractivity contribution in [3.05, 3.63) is 143 Å². The molecule has 6 aromatic rings. The number of hydrogen-bond donors (Lipinski definition) is 1. The number of aliphatic hydroxyl groups is 1. The quantitative estimate of drug-likeness (QED) is 0.175. The Hall–Kier alpha value is -5.72. The SMILES string of the molecule is CCC1(O)c2cc(-c3ccccc3)ccc2-c2c1c1c(c3cc(OC)c(OC)cc23)OC(c2ccc(OC)cc2)(c2ccc(OC)cc2)C=C1. The number of benzene rings is 6. The molecule has 0 saturated carbocycles. The van der Waals surface area contributed by atoms with Gasteiger partial charge in [0.25, 0.3) is 0 Å². The summed E-state index contributed by atoms with van der Waals surface area (Å²) in [6.45, 7) is 2.03. The van der Waals surface area contributed by atoms with E-state index < -0.39 is 11.2 Å². The fraction of sp³-hybridized carbons (Fsp3) is 0.182. The first-order valence-electron chi connectivity index (χ1n) is 16.7. The van der Waals surface area contributed by atoms with Gasteiger partial charge in [-0.05, 0) is 88.2 Å². The van der Waals surface area contributed by atoms with Gasteiger partial charge in [0, 0.05) is 27.6 Å². The van der Waals surface area contributed by atoms with Gasteiger partial charge in [-0.15, -0.1) is 0 Å². The Labute approximate surface area is 292 Å². The number of hydrogen-bond acceptors (Lipinski definition) is 6. The number of rotatable bonds is 8. The van der Waals surface area contributed by atoms with Gasteiger partial charge in [-0.1, -0.05) is 79.7 Å². The maximum Gasteiger partial charge on any atom is 0.178 e. The Balaban J connectivity index is 1.44. The standard InChI is InChI=1S/C44H38O6/c1-6-43(45)37-24-28(27-10-8-7-9-11-27)12-21-33(37)40-35-25-38(48-4)39(49-5)26-36(35)42-34(41(40)43)22-23-44(50-42,29-13-17-31(46-2)18-14-29)30-15-19-32(47-3)20-16-30/h7-26,45H,6H2,1-5H3. The average molecular weight is 663 g/mol. The summed E-state index contributed by atoms with van der Waals surface area (Å²) in [5.41, 5.74) is 6.15. The minimum Gasteiger partial charge on any atom is -0.497 e. The molecule has 0 aromatic heterocycles. The predicted octanol–water partition coefficient (Wildman–Crippen LogP) is 9.52. The van der Waals surface area contributed by atoms with Crippen molar-refractivity contribution < 1.29 is 28.8 Å². The molecule has 1 N–H and O–H groups in total. The van der Waals surface area contributed by atoms with Gasteiger partial charge in [-0.25, -0.2) is 0 Å². The van der Waals surface area contributed by atoms with E-state index in [1.165, 1.54) is 0 Å². The first kappa shape index (κ1) is 31.5. The van der Waals surface area contributed by atoms with Crippen molar-refractivity contribution in [1.29, 1.82) is 0 Å². The van der Waals surface area contributed by atoms with Crippen LogP contribution in [-0.2, 0) is 11.2 Å².